The summed E-state index contributed by atoms with van der Waals surface area (Å²) in [5.41, 5.74) is 5.39. The first-order valence-corrected chi connectivity index (χ1v) is 33.3. The van der Waals surface area contributed by atoms with E-state index in [1.54, 1.807) is 0 Å². The van der Waals surface area contributed by atoms with Crippen LogP contribution in [0.1, 0.15) is 309 Å². The summed E-state index contributed by atoms with van der Waals surface area (Å²) in [6.45, 7) is 3.67. The molecule has 0 saturated carbocycles. The van der Waals surface area contributed by atoms with E-state index in [0.717, 1.165) is 64.2 Å². The van der Waals surface area contributed by atoms with Gasteiger partial charge in [-0.3, -0.25) is 18.6 Å². The number of hydrogen-bond acceptors (Lipinski definition) is 8. The lowest BCUT2D eigenvalue weighted by molar-refractivity contribution is -0.161. The van der Waals surface area contributed by atoms with Crippen molar-refractivity contribution >= 4 is 19.8 Å². The highest BCUT2D eigenvalue weighted by Crippen LogP contribution is 2.43. The highest BCUT2D eigenvalue weighted by Gasteiger charge is 2.26. The second-order valence-electron chi connectivity index (χ2n) is 21.2. The normalized spacial score (nSPS) is 13.4. The van der Waals surface area contributed by atoms with E-state index >= 15 is 0 Å². The van der Waals surface area contributed by atoms with Gasteiger partial charge in [0.2, 0.25) is 0 Å². The smallest absolute Gasteiger partial charge is 0.462 e. The van der Waals surface area contributed by atoms with Crippen LogP contribution in [-0.4, -0.2) is 49.3 Å². The number of phosphoric acid groups is 1. The minimum Gasteiger partial charge on any atom is -0.462 e. The van der Waals surface area contributed by atoms with Crippen molar-refractivity contribution in [3.05, 3.63) is 60.8 Å². The number of carbonyl (C=O) groups excluding carboxylic acids is 2. The Bertz CT molecular complexity index is 1410. The van der Waals surface area contributed by atoms with E-state index in [9.17, 15) is 19.0 Å². The predicted octanol–water partition coefficient (Wildman–Crippen LogP) is 20.3. The zero-order chi connectivity index (χ0) is 54.5. The standard InChI is InChI=1S/C65H120NO8P/c1-3-5-7-9-11-13-15-17-19-21-23-25-27-29-30-31-32-34-35-37-39-41-43-45-47-49-51-53-55-57-64(67)71-61-63(62-73-75(69,70)72-60-59-66)74-65(68)58-56-54-52-50-48-46-44-42-40-38-36-33-28-26-24-22-20-18-16-14-12-10-8-6-4-2/h6,8,12,14,18,20-21,23-24,26,63H,3-5,7,9-11,13,15-17,19,22,25,27-62,66H2,1-2H3,(H,69,70)/b8-6-,14-12-,20-18-,23-21-,26-24-. The zero-order valence-corrected chi connectivity index (χ0v) is 49.9. The van der Waals surface area contributed by atoms with Crippen molar-refractivity contribution in [2.45, 2.75) is 315 Å². The van der Waals surface area contributed by atoms with Gasteiger partial charge in [0.25, 0.3) is 0 Å². The van der Waals surface area contributed by atoms with E-state index < -0.39 is 26.5 Å². The van der Waals surface area contributed by atoms with Crippen LogP contribution in [0.4, 0.5) is 0 Å². The Kier molecular flexibility index (Phi) is 59.1. The highest BCUT2D eigenvalue weighted by molar-refractivity contribution is 7.47. The zero-order valence-electron chi connectivity index (χ0n) is 49.0. The van der Waals surface area contributed by atoms with Gasteiger partial charge in [0.05, 0.1) is 13.2 Å². The topological polar surface area (TPSA) is 134 Å². The maximum atomic E-state index is 12.7. The molecule has 0 aliphatic heterocycles. The van der Waals surface area contributed by atoms with E-state index in [0.29, 0.717) is 6.42 Å². The molecule has 2 atom stereocenters. The first-order chi connectivity index (χ1) is 36.8. The lowest BCUT2D eigenvalue weighted by Crippen LogP contribution is -2.29. The third-order valence-corrected chi connectivity index (χ3v) is 14.9. The fraction of sp³-hybridized carbons (Fsp3) is 0.815. The first kappa shape index (κ1) is 72.7. The molecule has 2 unspecified atom stereocenters. The fourth-order valence-electron chi connectivity index (χ4n) is 9.21. The van der Waals surface area contributed by atoms with Crippen LogP contribution < -0.4 is 5.73 Å². The van der Waals surface area contributed by atoms with Crippen LogP contribution in [0.3, 0.4) is 0 Å². The third kappa shape index (κ3) is 60.8. The van der Waals surface area contributed by atoms with Crippen molar-refractivity contribution in [1.82, 2.24) is 0 Å². The molecule has 0 bridgehead atoms. The molecule has 0 amide bonds. The molecule has 0 rings (SSSR count). The Morgan fingerprint density at radius 1 is 0.413 bits per heavy atom. The monoisotopic (exact) mass is 1070 g/mol. The number of esters is 2. The number of carbonyl (C=O) groups is 2. The Balaban J connectivity index is 3.89. The summed E-state index contributed by atoms with van der Waals surface area (Å²) in [5, 5.41) is 0. The molecule has 0 heterocycles. The Morgan fingerprint density at radius 3 is 1.11 bits per heavy atom. The van der Waals surface area contributed by atoms with Crippen molar-refractivity contribution in [1.29, 1.82) is 0 Å². The highest BCUT2D eigenvalue weighted by atomic mass is 31.2. The van der Waals surface area contributed by atoms with Crippen LogP contribution in [0.15, 0.2) is 60.8 Å². The summed E-state index contributed by atoms with van der Waals surface area (Å²) in [7, 11) is -4.39. The maximum Gasteiger partial charge on any atom is 0.472 e. The van der Waals surface area contributed by atoms with Gasteiger partial charge in [-0.15, -0.1) is 0 Å². The minimum atomic E-state index is -4.39. The molecule has 0 aromatic rings. The van der Waals surface area contributed by atoms with Crippen molar-refractivity contribution < 1.29 is 37.6 Å². The van der Waals surface area contributed by atoms with Crippen molar-refractivity contribution in [2.24, 2.45) is 5.73 Å². The van der Waals surface area contributed by atoms with Gasteiger partial charge in [-0.2, -0.15) is 0 Å². The van der Waals surface area contributed by atoms with Crippen LogP contribution in [0.5, 0.6) is 0 Å². The van der Waals surface area contributed by atoms with Crippen LogP contribution in [0.2, 0.25) is 0 Å². The molecule has 0 aliphatic rings. The second-order valence-corrected chi connectivity index (χ2v) is 22.7. The average Bonchev–Trinajstić information content (AvgIpc) is 3.40. The number of nitrogens with two attached hydrogens (primary N) is 1. The van der Waals surface area contributed by atoms with E-state index in [4.69, 9.17) is 24.3 Å². The van der Waals surface area contributed by atoms with E-state index in [2.05, 4.69) is 74.6 Å². The van der Waals surface area contributed by atoms with Gasteiger partial charge in [-0.05, 0) is 77.0 Å². The molecule has 9 nitrogen and oxygen atoms in total. The predicted molar refractivity (Wildman–Crippen MR) is 321 cm³/mol. The molecular weight excluding hydrogens is 954 g/mol. The number of unbranched alkanes of at least 4 members (excludes halogenated alkanes) is 37. The Hall–Kier alpha value is -2.29. The summed E-state index contributed by atoms with van der Waals surface area (Å²) in [6, 6.07) is 0. The summed E-state index contributed by atoms with van der Waals surface area (Å²) < 4.78 is 33.1. The molecule has 0 aliphatic carbocycles. The van der Waals surface area contributed by atoms with E-state index in [1.165, 1.54) is 212 Å². The van der Waals surface area contributed by atoms with Gasteiger partial charge in [0, 0.05) is 19.4 Å². The molecule has 0 saturated heterocycles. The van der Waals surface area contributed by atoms with Crippen LogP contribution in [-0.2, 0) is 32.7 Å². The van der Waals surface area contributed by atoms with Gasteiger partial charge in [0.15, 0.2) is 6.10 Å². The van der Waals surface area contributed by atoms with Gasteiger partial charge in [0.1, 0.15) is 6.61 Å². The van der Waals surface area contributed by atoms with Gasteiger partial charge >= 0.3 is 19.8 Å². The Morgan fingerprint density at radius 2 is 0.733 bits per heavy atom. The van der Waals surface area contributed by atoms with Crippen LogP contribution in [0.25, 0.3) is 0 Å². The molecule has 0 aromatic heterocycles. The van der Waals surface area contributed by atoms with Crippen molar-refractivity contribution in [2.75, 3.05) is 26.4 Å². The van der Waals surface area contributed by atoms with Gasteiger partial charge < -0.3 is 20.1 Å². The lowest BCUT2D eigenvalue weighted by Gasteiger charge is -2.19. The van der Waals surface area contributed by atoms with E-state index in [1.807, 2.05) is 0 Å². The summed E-state index contributed by atoms with van der Waals surface area (Å²) in [4.78, 5) is 35.3. The van der Waals surface area contributed by atoms with Gasteiger partial charge in [-0.1, -0.05) is 280 Å². The second kappa shape index (κ2) is 60.9. The molecule has 3 N–H and O–H groups in total. The third-order valence-electron chi connectivity index (χ3n) is 13.9. The number of hydrogen-bond donors (Lipinski definition) is 2. The molecule has 75 heavy (non-hydrogen) atoms. The van der Waals surface area contributed by atoms with E-state index in [-0.39, 0.29) is 38.6 Å². The molecular formula is C65H120NO8P. The van der Waals surface area contributed by atoms with Crippen molar-refractivity contribution in [3.8, 4) is 0 Å². The number of phosphoric ester groups is 1. The largest absolute Gasteiger partial charge is 0.472 e. The number of rotatable bonds is 60. The molecule has 0 spiro atoms. The van der Waals surface area contributed by atoms with Crippen LogP contribution in [0, 0.1) is 0 Å². The number of allylic oxidation sites excluding steroid dienone is 10. The quantitative estimate of drug-likeness (QED) is 0.0264. The fourth-order valence-corrected chi connectivity index (χ4v) is 9.98. The van der Waals surface area contributed by atoms with Crippen molar-refractivity contribution in [3.63, 3.8) is 0 Å². The minimum absolute atomic E-state index is 0.0527. The average molecular weight is 1070 g/mol. The molecule has 438 valence electrons. The molecule has 0 fully saturated rings. The maximum absolute atomic E-state index is 12.7. The molecule has 0 aromatic carbocycles. The summed E-state index contributed by atoms with van der Waals surface area (Å²) in [6.07, 6.45) is 77.2. The SMILES string of the molecule is CC/C=C\C/C=C\C/C=C\C/C=C\CCCCCCCCCCCCCCC(=O)OC(COC(=O)CCCCCCCCCCCCCCCCCCC/C=C\CCCCCCCCCC)COP(=O)(O)OCCN. The summed E-state index contributed by atoms with van der Waals surface area (Å²) in [5.74, 6) is -0.818. The molecule has 0 radical (unpaired) electrons. The Labute approximate surface area is 463 Å². The first-order valence-electron chi connectivity index (χ1n) is 31.8. The van der Waals surface area contributed by atoms with Gasteiger partial charge in [-0.25, -0.2) is 4.57 Å². The summed E-state index contributed by atoms with van der Waals surface area (Å²) >= 11 is 0. The lowest BCUT2D eigenvalue weighted by atomic mass is 10.0. The number of ether oxygens (including phenoxy) is 2. The molecule has 10 heteroatoms. The van der Waals surface area contributed by atoms with Crippen LogP contribution >= 0.6 is 7.82 Å².